The summed E-state index contributed by atoms with van der Waals surface area (Å²) in [7, 11) is 1.86. The molecule has 0 fully saturated rings. The number of rotatable bonds is 0. The van der Waals surface area contributed by atoms with Gasteiger partial charge in [0.1, 0.15) is 0 Å². The van der Waals surface area contributed by atoms with Gasteiger partial charge in [-0.1, -0.05) is 0 Å². The van der Waals surface area contributed by atoms with Crippen LogP contribution in [0.15, 0.2) is 23.1 Å². The van der Waals surface area contributed by atoms with Crippen LogP contribution in [0.3, 0.4) is 0 Å². The van der Waals surface area contributed by atoms with Gasteiger partial charge in [0.2, 0.25) is 0 Å². The average Bonchev–Trinajstić information content (AvgIpc) is 2.67. The van der Waals surface area contributed by atoms with Gasteiger partial charge in [0.15, 0.2) is 0 Å². The van der Waals surface area contributed by atoms with Gasteiger partial charge in [-0.15, -0.1) is 6.42 Å². The molecule has 2 rings (SSSR count). The normalized spacial score (nSPS) is 13.5. The SMILES string of the molecule is B1=NCC[CH-]1.[C-]1=CC=CC1.[Cl-].[Cl-].[Zr+4]. The van der Waals surface area contributed by atoms with Crippen molar-refractivity contribution in [2.24, 2.45) is 4.90 Å². The zero-order chi connectivity index (χ0) is 7.07. The van der Waals surface area contributed by atoms with Crippen molar-refractivity contribution in [1.29, 1.82) is 0 Å². The molecule has 0 saturated heterocycles. The fourth-order valence-corrected chi connectivity index (χ4v) is 0.713. The Kier molecular flexibility index (Phi) is 22.5. The van der Waals surface area contributed by atoms with Gasteiger partial charge in [-0.2, -0.15) is 6.08 Å². The fraction of sp³-hybridized carbons (Fsp3) is 0.375. The zero-order valence-electron chi connectivity index (χ0n) is 7.21. The van der Waals surface area contributed by atoms with Gasteiger partial charge in [0.05, 0.1) is 0 Å². The second kappa shape index (κ2) is 15.2. The first kappa shape index (κ1) is 19.3. The van der Waals surface area contributed by atoms with E-state index >= 15 is 0 Å². The summed E-state index contributed by atoms with van der Waals surface area (Å²) in [5.74, 6) is 0. The molecule has 13 heavy (non-hydrogen) atoms. The van der Waals surface area contributed by atoms with Crippen LogP contribution in [0.4, 0.5) is 0 Å². The van der Waals surface area contributed by atoms with Gasteiger partial charge < -0.3 is 24.8 Å². The molecule has 0 amide bonds. The fourth-order valence-electron chi connectivity index (χ4n) is 0.713. The third kappa shape index (κ3) is 12.7. The van der Waals surface area contributed by atoms with Crippen molar-refractivity contribution in [3.8, 4) is 0 Å². The van der Waals surface area contributed by atoms with E-state index in [0.29, 0.717) is 0 Å². The molecule has 0 atom stereocenters. The number of halogens is 2. The van der Waals surface area contributed by atoms with Crippen LogP contribution in [-0.2, 0) is 26.2 Å². The maximum atomic E-state index is 3.90. The number of nitrogens with zero attached hydrogens (tertiary/aromatic N) is 1. The van der Waals surface area contributed by atoms with Crippen LogP contribution in [0.1, 0.15) is 12.8 Å². The summed E-state index contributed by atoms with van der Waals surface area (Å²) in [6.45, 7) is 1.01. The van der Waals surface area contributed by atoms with E-state index in [1.54, 1.807) is 0 Å². The van der Waals surface area contributed by atoms with Crippen molar-refractivity contribution >= 4 is 7.07 Å². The molecule has 1 aliphatic carbocycles. The van der Waals surface area contributed by atoms with E-state index in [4.69, 9.17) is 0 Å². The van der Waals surface area contributed by atoms with Crippen molar-refractivity contribution in [3.63, 3.8) is 0 Å². The van der Waals surface area contributed by atoms with Crippen molar-refractivity contribution in [3.05, 3.63) is 30.6 Å². The molecular formula is C8H10BCl2NZr. The largest absolute Gasteiger partial charge is 4.00 e. The van der Waals surface area contributed by atoms with E-state index in [-0.39, 0.29) is 51.0 Å². The van der Waals surface area contributed by atoms with Gasteiger partial charge >= 0.3 is 57.5 Å². The average molecular weight is 293 g/mol. The monoisotopic (exact) mass is 291 g/mol. The number of hydrogen-bond donors (Lipinski definition) is 0. The maximum absolute atomic E-state index is 3.90. The molecule has 1 nitrogen and oxygen atoms in total. The molecule has 1 heterocycles. The minimum atomic E-state index is 0. The Morgan fingerprint density at radius 1 is 1.38 bits per heavy atom. The third-order valence-electron chi connectivity index (χ3n) is 1.22. The van der Waals surface area contributed by atoms with E-state index in [1.807, 2.05) is 19.2 Å². The zero-order valence-corrected chi connectivity index (χ0v) is 11.2. The van der Waals surface area contributed by atoms with Gasteiger partial charge in [-0.25, -0.2) is 12.2 Å². The third-order valence-corrected chi connectivity index (χ3v) is 1.22. The topological polar surface area (TPSA) is 12.4 Å². The van der Waals surface area contributed by atoms with Gasteiger partial charge in [-0.3, -0.25) is 6.08 Å². The summed E-state index contributed by atoms with van der Waals surface area (Å²) in [4.78, 5) is 3.90. The Morgan fingerprint density at radius 3 is 2.31 bits per heavy atom. The molecule has 5 heteroatoms. The molecule has 0 saturated carbocycles. The van der Waals surface area contributed by atoms with Crippen LogP contribution in [0.25, 0.3) is 0 Å². The molecule has 0 aromatic carbocycles. The summed E-state index contributed by atoms with van der Waals surface area (Å²) in [6, 6.07) is 0. The second-order valence-electron chi connectivity index (χ2n) is 2.08. The van der Waals surface area contributed by atoms with E-state index in [1.165, 1.54) is 0 Å². The molecule has 0 unspecified atom stereocenters. The Morgan fingerprint density at radius 2 is 2.15 bits per heavy atom. The summed E-state index contributed by atoms with van der Waals surface area (Å²) in [5.41, 5.74) is 0. The summed E-state index contributed by atoms with van der Waals surface area (Å²) in [5, 5.41) is 0. The van der Waals surface area contributed by atoms with E-state index in [0.717, 1.165) is 19.4 Å². The smallest absolute Gasteiger partial charge is 1.00 e. The predicted octanol–water partition coefficient (Wildman–Crippen LogP) is -4.25. The maximum Gasteiger partial charge on any atom is 4.00 e. The molecule has 68 valence electrons. The quantitative estimate of drug-likeness (QED) is 0.317. The Labute approximate surface area is 112 Å². The first-order valence-corrected chi connectivity index (χ1v) is 3.53. The number of hydrogen-bond acceptors (Lipinski definition) is 1. The van der Waals surface area contributed by atoms with Crippen LogP contribution >= 0.6 is 0 Å². The van der Waals surface area contributed by atoms with Crippen LogP contribution in [-0.4, -0.2) is 13.6 Å². The first-order valence-electron chi connectivity index (χ1n) is 3.53. The summed E-state index contributed by atoms with van der Waals surface area (Å²) in [6.07, 6.45) is 13.2. The molecule has 0 N–H and O–H groups in total. The van der Waals surface area contributed by atoms with E-state index < -0.39 is 0 Å². The van der Waals surface area contributed by atoms with Gasteiger partial charge in [-0.05, 0) is 0 Å². The van der Waals surface area contributed by atoms with E-state index in [9.17, 15) is 0 Å². The van der Waals surface area contributed by atoms with E-state index in [2.05, 4.69) is 23.4 Å². The molecule has 1 aliphatic heterocycles. The van der Waals surface area contributed by atoms with Gasteiger partial charge in [0.25, 0.3) is 0 Å². The first-order chi connectivity index (χ1) is 5.00. The minimum Gasteiger partial charge on any atom is -1.00 e. The Hall–Kier alpha value is 0.678. The van der Waals surface area contributed by atoms with Crippen LogP contribution in [0, 0.1) is 12.4 Å². The Bertz CT molecular complexity index is 156. The molecule has 2 aliphatic rings. The molecule has 0 bridgehead atoms. The minimum absolute atomic E-state index is 0. The van der Waals surface area contributed by atoms with Crippen LogP contribution in [0.5, 0.6) is 0 Å². The van der Waals surface area contributed by atoms with Crippen LogP contribution in [0.2, 0.25) is 0 Å². The van der Waals surface area contributed by atoms with Crippen LogP contribution < -0.4 is 24.8 Å². The molecule has 0 aromatic heterocycles. The summed E-state index contributed by atoms with van der Waals surface area (Å²) < 4.78 is 0. The van der Waals surface area contributed by atoms with Crippen molar-refractivity contribution in [2.45, 2.75) is 12.8 Å². The Balaban J connectivity index is -0.000000125. The number of allylic oxidation sites excluding steroid dienone is 4. The van der Waals surface area contributed by atoms with Crippen molar-refractivity contribution in [2.75, 3.05) is 6.54 Å². The standard InChI is InChI=1S/C5H5.C3H5BN.2ClH.Zr/c2*1-2-4-5-3-1;;;/h1-3H,4H2;2H,1,3H2;2*1H;/q2*-1;;;+4/p-2. The summed E-state index contributed by atoms with van der Waals surface area (Å²) >= 11 is 0. The molecule has 0 aromatic rings. The molecule has 0 spiro atoms. The predicted molar refractivity (Wildman–Crippen MR) is 43.5 cm³/mol. The van der Waals surface area contributed by atoms with Gasteiger partial charge in [0, 0.05) is 0 Å². The molecular weight excluding hydrogens is 283 g/mol. The molecule has 0 radical (unpaired) electrons. The second-order valence-corrected chi connectivity index (χ2v) is 2.08. The van der Waals surface area contributed by atoms with Crippen molar-refractivity contribution < 1.29 is 51.0 Å². The van der Waals surface area contributed by atoms with Crippen molar-refractivity contribution in [1.82, 2.24) is 0 Å².